The molecule has 0 radical (unpaired) electrons. The number of non-ortho nitro benzene ring substituents is 1. The van der Waals surface area contributed by atoms with E-state index in [9.17, 15) is 24.5 Å². The van der Waals surface area contributed by atoms with Crippen molar-refractivity contribution < 1.29 is 28.8 Å². The molecule has 1 heterocycles. The number of amides is 1. The summed E-state index contributed by atoms with van der Waals surface area (Å²) in [6, 6.07) is 18.5. The first kappa shape index (κ1) is 23.9. The number of hydrogen-bond acceptors (Lipinski definition) is 7. The van der Waals surface area contributed by atoms with Crippen molar-refractivity contribution in [3.63, 3.8) is 0 Å². The van der Waals surface area contributed by atoms with E-state index in [4.69, 9.17) is 21.1 Å². The van der Waals surface area contributed by atoms with Crippen molar-refractivity contribution >= 4 is 40.6 Å². The Morgan fingerprint density at radius 2 is 1.57 bits per heavy atom. The number of nitro benzene ring substituents is 1. The van der Waals surface area contributed by atoms with E-state index in [1.54, 1.807) is 36.4 Å². The number of nitro groups is 1. The van der Waals surface area contributed by atoms with E-state index in [1.807, 2.05) is 0 Å². The lowest BCUT2D eigenvalue weighted by Crippen LogP contribution is -2.27. The number of nitrogens with zero attached hydrogens (tertiary/aromatic N) is 2. The van der Waals surface area contributed by atoms with Gasteiger partial charge in [0.15, 0.2) is 12.4 Å². The first-order valence-electron chi connectivity index (χ1n) is 10.6. The summed E-state index contributed by atoms with van der Waals surface area (Å²) < 4.78 is 10.8. The molecule has 0 unspecified atom stereocenters. The van der Waals surface area contributed by atoms with Crippen LogP contribution in [0.25, 0.3) is 0 Å². The molecule has 4 rings (SSSR count). The van der Waals surface area contributed by atoms with E-state index in [0.717, 1.165) is 0 Å². The standard InChI is InChI=1S/C25H19ClN2O7/c26-18-3-5-19(6-4-18)27-14-17(13-24(27)30)25(31)34-15-23(29)16-1-9-21(10-2-16)35-22-11-7-20(8-12-22)28(32)33/h1-12,17H,13-15H2/t17-/m0/s1. The number of ketones is 1. The highest BCUT2D eigenvalue weighted by Crippen LogP contribution is 2.27. The van der Waals surface area contributed by atoms with Crippen LogP contribution in [0.3, 0.4) is 0 Å². The van der Waals surface area contributed by atoms with Gasteiger partial charge in [-0.05, 0) is 60.7 Å². The Morgan fingerprint density at radius 1 is 0.971 bits per heavy atom. The Morgan fingerprint density at radius 3 is 2.17 bits per heavy atom. The molecule has 1 aliphatic heterocycles. The minimum Gasteiger partial charge on any atom is -0.457 e. The second-order valence-electron chi connectivity index (χ2n) is 7.79. The number of ether oxygens (including phenoxy) is 2. The van der Waals surface area contributed by atoms with Crippen LogP contribution >= 0.6 is 11.6 Å². The number of carbonyl (C=O) groups excluding carboxylic acids is 3. The highest BCUT2D eigenvalue weighted by molar-refractivity contribution is 6.30. The molecule has 0 bridgehead atoms. The van der Waals surface area contributed by atoms with Gasteiger partial charge in [-0.1, -0.05) is 11.6 Å². The van der Waals surface area contributed by atoms with E-state index in [-0.39, 0.29) is 24.6 Å². The maximum Gasteiger partial charge on any atom is 0.311 e. The number of hydrogen-bond donors (Lipinski definition) is 0. The summed E-state index contributed by atoms with van der Waals surface area (Å²) >= 11 is 5.88. The number of halogens is 1. The largest absolute Gasteiger partial charge is 0.457 e. The number of carbonyl (C=O) groups is 3. The van der Waals surface area contributed by atoms with Gasteiger partial charge in [0.25, 0.3) is 5.69 Å². The van der Waals surface area contributed by atoms with E-state index in [0.29, 0.717) is 27.8 Å². The fourth-order valence-corrected chi connectivity index (χ4v) is 3.68. The van der Waals surface area contributed by atoms with Crippen LogP contribution in [-0.2, 0) is 14.3 Å². The van der Waals surface area contributed by atoms with Gasteiger partial charge in [-0.25, -0.2) is 0 Å². The van der Waals surface area contributed by atoms with Crippen molar-refractivity contribution in [2.75, 3.05) is 18.1 Å². The van der Waals surface area contributed by atoms with E-state index >= 15 is 0 Å². The van der Waals surface area contributed by atoms with Crippen LogP contribution in [-0.4, -0.2) is 35.7 Å². The van der Waals surface area contributed by atoms with Gasteiger partial charge in [-0.15, -0.1) is 0 Å². The van der Waals surface area contributed by atoms with Gasteiger partial charge in [-0.2, -0.15) is 0 Å². The fraction of sp³-hybridized carbons (Fsp3) is 0.160. The molecule has 0 N–H and O–H groups in total. The zero-order valence-electron chi connectivity index (χ0n) is 18.3. The van der Waals surface area contributed by atoms with Gasteiger partial charge < -0.3 is 14.4 Å². The zero-order valence-corrected chi connectivity index (χ0v) is 19.0. The molecule has 1 atom stereocenters. The van der Waals surface area contributed by atoms with E-state index in [1.165, 1.54) is 41.3 Å². The van der Waals surface area contributed by atoms with Crippen LogP contribution in [0.2, 0.25) is 5.02 Å². The van der Waals surface area contributed by atoms with E-state index in [2.05, 4.69) is 0 Å². The number of Topliss-reactive ketones (excluding diaryl/α,β-unsaturated/α-hetero) is 1. The van der Waals surface area contributed by atoms with Gasteiger partial charge in [0, 0.05) is 41.4 Å². The molecule has 0 aromatic heterocycles. The summed E-state index contributed by atoms with van der Waals surface area (Å²) in [5.41, 5.74) is 0.911. The Balaban J connectivity index is 1.28. The second kappa shape index (κ2) is 10.4. The van der Waals surface area contributed by atoms with Crippen molar-refractivity contribution in [1.82, 2.24) is 0 Å². The maximum absolute atomic E-state index is 12.4. The number of benzene rings is 3. The van der Waals surface area contributed by atoms with Gasteiger partial charge in [0.05, 0.1) is 10.8 Å². The Bertz CT molecular complexity index is 1260. The summed E-state index contributed by atoms with van der Waals surface area (Å²) in [6.45, 7) is -0.283. The summed E-state index contributed by atoms with van der Waals surface area (Å²) in [4.78, 5) is 48.9. The van der Waals surface area contributed by atoms with E-state index < -0.39 is 29.2 Å². The number of rotatable bonds is 8. The molecular weight excluding hydrogens is 476 g/mol. The lowest BCUT2D eigenvalue weighted by atomic mass is 10.1. The average Bonchev–Trinajstić information content (AvgIpc) is 3.25. The number of anilines is 1. The van der Waals surface area contributed by atoms with Crippen LogP contribution in [0.4, 0.5) is 11.4 Å². The molecule has 0 saturated carbocycles. The Labute approximate surface area is 205 Å². The molecule has 0 aliphatic carbocycles. The summed E-state index contributed by atoms with van der Waals surface area (Å²) in [5.74, 6) is -1.05. The molecule has 178 valence electrons. The zero-order chi connectivity index (χ0) is 24.9. The minimum absolute atomic E-state index is 0.00430. The molecule has 1 aliphatic rings. The molecule has 1 amide bonds. The highest BCUT2D eigenvalue weighted by Gasteiger charge is 2.36. The molecule has 3 aromatic rings. The van der Waals surface area contributed by atoms with Crippen molar-refractivity contribution in [2.24, 2.45) is 5.92 Å². The third-order valence-electron chi connectivity index (χ3n) is 5.40. The van der Waals surface area contributed by atoms with Gasteiger partial charge in [-0.3, -0.25) is 24.5 Å². The monoisotopic (exact) mass is 494 g/mol. The molecule has 1 saturated heterocycles. The van der Waals surface area contributed by atoms with Crippen molar-refractivity contribution in [3.8, 4) is 11.5 Å². The Kier molecular flexibility index (Phi) is 7.07. The van der Waals surface area contributed by atoms with Crippen molar-refractivity contribution in [1.29, 1.82) is 0 Å². The summed E-state index contributed by atoms with van der Waals surface area (Å²) in [5, 5.41) is 11.3. The van der Waals surface area contributed by atoms with Crippen LogP contribution < -0.4 is 9.64 Å². The molecule has 0 spiro atoms. The van der Waals surface area contributed by atoms with Gasteiger partial charge in [0.2, 0.25) is 5.91 Å². The van der Waals surface area contributed by atoms with Crippen molar-refractivity contribution in [3.05, 3.63) is 93.5 Å². The molecule has 10 heteroatoms. The lowest BCUT2D eigenvalue weighted by Gasteiger charge is -2.16. The Hall–Kier alpha value is -4.24. The van der Waals surface area contributed by atoms with Crippen LogP contribution in [0.5, 0.6) is 11.5 Å². The smallest absolute Gasteiger partial charge is 0.311 e. The maximum atomic E-state index is 12.4. The summed E-state index contributed by atoms with van der Waals surface area (Å²) in [7, 11) is 0. The molecule has 1 fully saturated rings. The fourth-order valence-electron chi connectivity index (χ4n) is 3.55. The first-order chi connectivity index (χ1) is 16.8. The first-order valence-corrected chi connectivity index (χ1v) is 11.0. The second-order valence-corrected chi connectivity index (χ2v) is 8.23. The molecule has 3 aromatic carbocycles. The third kappa shape index (κ3) is 5.82. The molecule has 9 nitrogen and oxygen atoms in total. The predicted octanol–water partition coefficient (Wildman–Crippen LogP) is 4.82. The predicted molar refractivity (Wildman–Crippen MR) is 127 cm³/mol. The van der Waals surface area contributed by atoms with Gasteiger partial charge >= 0.3 is 5.97 Å². The van der Waals surface area contributed by atoms with Crippen molar-refractivity contribution in [2.45, 2.75) is 6.42 Å². The SMILES string of the molecule is O=C(COC(=O)[C@H]1CC(=O)N(c2ccc(Cl)cc2)C1)c1ccc(Oc2ccc([N+](=O)[O-])cc2)cc1. The highest BCUT2D eigenvalue weighted by atomic mass is 35.5. The molecule has 35 heavy (non-hydrogen) atoms. The average molecular weight is 495 g/mol. The van der Waals surface area contributed by atoms with Gasteiger partial charge in [0.1, 0.15) is 11.5 Å². The van der Waals surface area contributed by atoms with Crippen LogP contribution in [0.15, 0.2) is 72.8 Å². The lowest BCUT2D eigenvalue weighted by molar-refractivity contribution is -0.384. The quantitative estimate of drug-likeness (QED) is 0.191. The topological polar surface area (TPSA) is 116 Å². The number of esters is 1. The van der Waals surface area contributed by atoms with Crippen LogP contribution in [0, 0.1) is 16.0 Å². The summed E-state index contributed by atoms with van der Waals surface area (Å²) in [6.07, 6.45) is 0.00430. The minimum atomic E-state index is -0.663. The normalized spacial score (nSPS) is 15.1. The molecular formula is C25H19ClN2O7. The van der Waals surface area contributed by atoms with Crippen LogP contribution in [0.1, 0.15) is 16.8 Å². The third-order valence-corrected chi connectivity index (χ3v) is 5.65.